The monoisotopic (exact) mass is 251 g/mol. The van der Waals surface area contributed by atoms with Crippen LogP contribution in [0.1, 0.15) is 10.4 Å². The van der Waals surface area contributed by atoms with Gasteiger partial charge in [-0.3, -0.25) is 0 Å². The largest absolute Gasteiger partial charge is 0.316 e. The van der Waals surface area contributed by atoms with Crippen LogP contribution in [0.2, 0.25) is 5.02 Å². The van der Waals surface area contributed by atoms with Crippen molar-refractivity contribution in [3.8, 4) is 11.1 Å². The summed E-state index contributed by atoms with van der Waals surface area (Å²) in [6.07, 6.45) is 0. The second-order valence-corrected chi connectivity index (χ2v) is 5.31. The molecule has 0 radical (unpaired) electrons. The van der Waals surface area contributed by atoms with Crippen LogP contribution in [0.3, 0.4) is 0 Å². The van der Waals surface area contributed by atoms with E-state index in [9.17, 15) is 0 Å². The fourth-order valence-corrected chi connectivity index (χ4v) is 2.57. The number of aryl methyl sites for hydroxylation is 1. The average molecular weight is 252 g/mol. The fourth-order valence-electron chi connectivity index (χ4n) is 1.68. The molecule has 0 aliphatic heterocycles. The lowest BCUT2D eigenvalue weighted by Crippen LogP contribution is -2.05. The van der Waals surface area contributed by atoms with E-state index in [4.69, 9.17) is 11.6 Å². The summed E-state index contributed by atoms with van der Waals surface area (Å²) < 4.78 is 0. The number of hydrogen-bond donors (Lipinski definition) is 1. The number of thiophene rings is 1. The molecule has 1 N–H and O–H groups in total. The summed E-state index contributed by atoms with van der Waals surface area (Å²) >= 11 is 7.90. The third-order valence-electron chi connectivity index (χ3n) is 2.48. The van der Waals surface area contributed by atoms with Gasteiger partial charge in [0, 0.05) is 16.4 Å². The van der Waals surface area contributed by atoms with Crippen LogP contribution in [0.25, 0.3) is 11.1 Å². The summed E-state index contributed by atoms with van der Waals surface area (Å²) in [5.74, 6) is 0. The van der Waals surface area contributed by atoms with Gasteiger partial charge in [-0.1, -0.05) is 17.7 Å². The van der Waals surface area contributed by atoms with Gasteiger partial charge in [0.05, 0.1) is 0 Å². The van der Waals surface area contributed by atoms with Crippen LogP contribution >= 0.6 is 22.9 Å². The molecule has 0 fully saturated rings. The van der Waals surface area contributed by atoms with E-state index in [0.717, 1.165) is 17.1 Å². The van der Waals surface area contributed by atoms with E-state index in [1.54, 1.807) is 11.3 Å². The maximum Gasteiger partial charge on any atom is 0.0451 e. The van der Waals surface area contributed by atoms with Crippen molar-refractivity contribution in [2.75, 3.05) is 7.05 Å². The first-order chi connectivity index (χ1) is 7.70. The molecule has 0 spiro atoms. The zero-order chi connectivity index (χ0) is 11.5. The molecule has 0 aliphatic rings. The van der Waals surface area contributed by atoms with Crippen molar-refractivity contribution >= 4 is 22.9 Å². The molecule has 84 valence electrons. The third kappa shape index (κ3) is 2.46. The summed E-state index contributed by atoms with van der Waals surface area (Å²) in [6.45, 7) is 2.92. The Kier molecular flexibility index (Phi) is 3.64. The van der Waals surface area contributed by atoms with E-state index in [0.29, 0.717) is 0 Å². The molecule has 1 aromatic heterocycles. The summed E-state index contributed by atoms with van der Waals surface area (Å²) in [5.41, 5.74) is 3.65. The molecule has 2 aromatic rings. The number of hydrogen-bond acceptors (Lipinski definition) is 2. The van der Waals surface area contributed by atoms with Gasteiger partial charge < -0.3 is 5.32 Å². The summed E-state index contributed by atoms with van der Waals surface area (Å²) in [5, 5.41) is 6.13. The highest BCUT2D eigenvalue weighted by molar-refractivity contribution is 7.10. The van der Waals surface area contributed by atoms with Crippen LogP contribution in [0, 0.1) is 6.92 Å². The Labute approximate surface area is 105 Å². The number of benzene rings is 1. The van der Waals surface area contributed by atoms with Crippen LogP contribution in [0.5, 0.6) is 0 Å². The molecule has 1 heterocycles. The van der Waals surface area contributed by atoms with E-state index in [-0.39, 0.29) is 0 Å². The zero-order valence-electron chi connectivity index (χ0n) is 9.38. The Balaban J connectivity index is 2.39. The van der Waals surface area contributed by atoms with Gasteiger partial charge in [0.25, 0.3) is 0 Å². The van der Waals surface area contributed by atoms with Gasteiger partial charge in [0.2, 0.25) is 0 Å². The topological polar surface area (TPSA) is 12.0 Å². The molecule has 0 aliphatic carbocycles. The van der Waals surface area contributed by atoms with E-state index < -0.39 is 0 Å². The van der Waals surface area contributed by atoms with Crippen LogP contribution in [-0.2, 0) is 6.54 Å². The molecule has 0 amide bonds. The smallest absolute Gasteiger partial charge is 0.0451 e. The minimum Gasteiger partial charge on any atom is -0.316 e. The van der Waals surface area contributed by atoms with Crippen molar-refractivity contribution in [3.05, 3.63) is 45.1 Å². The van der Waals surface area contributed by atoms with Crippen molar-refractivity contribution in [1.82, 2.24) is 5.32 Å². The molecule has 0 bridgehead atoms. The molecule has 3 heteroatoms. The maximum atomic E-state index is 6.13. The molecule has 0 atom stereocenters. The highest BCUT2D eigenvalue weighted by atomic mass is 35.5. The zero-order valence-corrected chi connectivity index (χ0v) is 11.0. The Morgan fingerprint density at radius 2 is 2.06 bits per heavy atom. The SMILES string of the molecule is CNCc1cc(-c2csc(C)c2)ccc1Cl. The molecule has 0 saturated carbocycles. The van der Waals surface area contributed by atoms with Gasteiger partial charge in [-0.2, -0.15) is 0 Å². The highest BCUT2D eigenvalue weighted by Crippen LogP contribution is 2.28. The van der Waals surface area contributed by atoms with Gasteiger partial charge in [-0.25, -0.2) is 0 Å². The molecular weight excluding hydrogens is 238 g/mol. The van der Waals surface area contributed by atoms with Crippen molar-refractivity contribution in [2.24, 2.45) is 0 Å². The molecule has 16 heavy (non-hydrogen) atoms. The Hall–Kier alpha value is -0.830. The van der Waals surface area contributed by atoms with Gasteiger partial charge in [-0.15, -0.1) is 11.3 Å². The fraction of sp³-hybridized carbons (Fsp3) is 0.231. The lowest BCUT2D eigenvalue weighted by Gasteiger charge is -2.06. The van der Waals surface area contributed by atoms with Gasteiger partial charge in [-0.05, 0) is 54.2 Å². The normalized spacial score (nSPS) is 10.7. The number of rotatable bonds is 3. The summed E-state index contributed by atoms with van der Waals surface area (Å²) in [6, 6.07) is 8.40. The number of nitrogens with one attached hydrogen (secondary N) is 1. The maximum absolute atomic E-state index is 6.13. The molecule has 0 saturated heterocycles. The first-order valence-corrected chi connectivity index (χ1v) is 6.45. The van der Waals surface area contributed by atoms with Crippen molar-refractivity contribution < 1.29 is 0 Å². The van der Waals surface area contributed by atoms with Crippen LogP contribution in [-0.4, -0.2) is 7.05 Å². The van der Waals surface area contributed by atoms with E-state index in [1.165, 1.54) is 16.0 Å². The van der Waals surface area contributed by atoms with Crippen LogP contribution < -0.4 is 5.32 Å². The Morgan fingerprint density at radius 1 is 1.25 bits per heavy atom. The Bertz CT molecular complexity index is 490. The van der Waals surface area contributed by atoms with E-state index >= 15 is 0 Å². The average Bonchev–Trinajstić information content (AvgIpc) is 2.69. The standard InChI is InChI=1S/C13H14ClNS/c1-9-5-12(8-16-9)10-3-4-13(14)11(6-10)7-15-2/h3-6,8,15H,7H2,1-2H3. The first kappa shape index (κ1) is 11.6. The summed E-state index contributed by atoms with van der Waals surface area (Å²) in [4.78, 5) is 1.33. The molecule has 1 aromatic carbocycles. The summed E-state index contributed by atoms with van der Waals surface area (Å²) in [7, 11) is 1.93. The minimum atomic E-state index is 0.801. The molecule has 0 unspecified atom stereocenters. The Morgan fingerprint density at radius 3 is 2.69 bits per heavy atom. The van der Waals surface area contributed by atoms with E-state index in [1.807, 2.05) is 13.1 Å². The van der Waals surface area contributed by atoms with Gasteiger partial charge in [0.1, 0.15) is 0 Å². The van der Waals surface area contributed by atoms with Gasteiger partial charge >= 0.3 is 0 Å². The predicted molar refractivity (Wildman–Crippen MR) is 72.3 cm³/mol. The lowest BCUT2D eigenvalue weighted by molar-refractivity contribution is 0.818. The first-order valence-electron chi connectivity index (χ1n) is 5.19. The van der Waals surface area contributed by atoms with Crippen molar-refractivity contribution in [3.63, 3.8) is 0 Å². The minimum absolute atomic E-state index is 0.801. The highest BCUT2D eigenvalue weighted by Gasteiger charge is 2.04. The molecule has 2 rings (SSSR count). The van der Waals surface area contributed by atoms with Gasteiger partial charge in [0.15, 0.2) is 0 Å². The van der Waals surface area contributed by atoms with E-state index in [2.05, 4.69) is 35.8 Å². The van der Waals surface area contributed by atoms with Crippen LogP contribution in [0.15, 0.2) is 29.6 Å². The lowest BCUT2D eigenvalue weighted by atomic mass is 10.1. The number of halogens is 1. The molecule has 1 nitrogen and oxygen atoms in total. The third-order valence-corrected chi connectivity index (χ3v) is 3.71. The van der Waals surface area contributed by atoms with Crippen molar-refractivity contribution in [2.45, 2.75) is 13.5 Å². The second-order valence-electron chi connectivity index (χ2n) is 3.78. The molecular formula is C13H14ClNS. The predicted octanol–water partition coefficient (Wildman–Crippen LogP) is 4.10. The van der Waals surface area contributed by atoms with Crippen molar-refractivity contribution in [1.29, 1.82) is 0 Å². The quantitative estimate of drug-likeness (QED) is 0.866. The second kappa shape index (κ2) is 5.00. The van der Waals surface area contributed by atoms with Crippen LogP contribution in [0.4, 0.5) is 0 Å².